The molecule has 4 heterocycles. The number of aryl methyl sites for hydroxylation is 3. The monoisotopic (exact) mass is 694 g/mol. The number of fused-ring (bicyclic) bond motifs is 1. The molecular weight excluding hydrogens is 644 g/mol. The van der Waals surface area contributed by atoms with Crippen LogP contribution in [0.25, 0.3) is 22.2 Å². The first-order valence-electron chi connectivity index (χ1n) is 18.5. The van der Waals surface area contributed by atoms with Crippen molar-refractivity contribution in [1.82, 2.24) is 24.3 Å². The van der Waals surface area contributed by atoms with Gasteiger partial charge in [-0.05, 0) is 119 Å². The molecule has 3 fully saturated rings. The van der Waals surface area contributed by atoms with E-state index in [0.717, 1.165) is 89.7 Å². The second-order valence-electron chi connectivity index (χ2n) is 14.7. The Balaban J connectivity index is 1.24. The van der Waals surface area contributed by atoms with Crippen molar-refractivity contribution in [2.75, 3.05) is 37.7 Å². The SMILES string of the molecule is CCN(c1cc(-c2ccc3c(c2)n(C)c(=O)n3C2CCN(C(=O)C3CC3)CC2)cc(C(=O)NCc2c(C)cc(C)[nH]c2=O)c1C)C1CCOCC1. The summed E-state index contributed by atoms with van der Waals surface area (Å²) >= 11 is 0. The maximum absolute atomic E-state index is 14.0. The van der Waals surface area contributed by atoms with Gasteiger partial charge in [0.25, 0.3) is 11.5 Å². The predicted molar refractivity (Wildman–Crippen MR) is 199 cm³/mol. The summed E-state index contributed by atoms with van der Waals surface area (Å²) in [5, 5.41) is 3.03. The molecule has 11 nitrogen and oxygen atoms in total. The minimum absolute atomic E-state index is 0.0265. The molecule has 2 N–H and O–H groups in total. The van der Waals surface area contributed by atoms with Crippen molar-refractivity contribution >= 4 is 28.5 Å². The fourth-order valence-corrected chi connectivity index (χ4v) is 8.22. The number of hydrogen-bond donors (Lipinski definition) is 2. The van der Waals surface area contributed by atoms with Crippen LogP contribution in [0, 0.1) is 26.7 Å². The van der Waals surface area contributed by atoms with Crippen LogP contribution in [-0.4, -0.2) is 69.7 Å². The van der Waals surface area contributed by atoms with E-state index >= 15 is 0 Å². The van der Waals surface area contributed by atoms with E-state index in [9.17, 15) is 19.2 Å². The molecule has 2 aromatic heterocycles. The number of aromatic nitrogens is 3. The van der Waals surface area contributed by atoms with Crippen molar-refractivity contribution in [2.24, 2.45) is 13.0 Å². The van der Waals surface area contributed by atoms with Crippen molar-refractivity contribution < 1.29 is 14.3 Å². The molecule has 4 aromatic rings. The minimum Gasteiger partial charge on any atom is -0.381 e. The van der Waals surface area contributed by atoms with Gasteiger partial charge in [0, 0.05) is 87.0 Å². The van der Waals surface area contributed by atoms with E-state index in [4.69, 9.17) is 4.74 Å². The molecule has 0 unspecified atom stereocenters. The molecule has 11 heteroatoms. The number of imidazole rings is 1. The van der Waals surface area contributed by atoms with E-state index in [1.807, 2.05) is 61.6 Å². The van der Waals surface area contributed by atoms with Crippen LogP contribution in [0.5, 0.6) is 0 Å². The second kappa shape index (κ2) is 14.2. The summed E-state index contributed by atoms with van der Waals surface area (Å²) in [4.78, 5) is 60.3. The fourth-order valence-electron chi connectivity index (χ4n) is 8.22. The van der Waals surface area contributed by atoms with Crippen LogP contribution >= 0.6 is 0 Å². The summed E-state index contributed by atoms with van der Waals surface area (Å²) in [5.74, 6) is 0.229. The van der Waals surface area contributed by atoms with Gasteiger partial charge in [-0.1, -0.05) is 6.07 Å². The number of rotatable bonds is 9. The molecule has 1 aliphatic carbocycles. The molecule has 2 aliphatic heterocycles. The number of aromatic amines is 1. The lowest BCUT2D eigenvalue weighted by atomic mass is 9.95. The van der Waals surface area contributed by atoms with Crippen LogP contribution in [-0.2, 0) is 23.1 Å². The minimum atomic E-state index is -0.246. The molecule has 2 aromatic carbocycles. The summed E-state index contributed by atoms with van der Waals surface area (Å²) in [7, 11) is 1.81. The highest BCUT2D eigenvalue weighted by molar-refractivity contribution is 5.99. The predicted octanol–water partition coefficient (Wildman–Crippen LogP) is 5.13. The molecule has 2 amide bonds. The van der Waals surface area contributed by atoms with Crippen molar-refractivity contribution in [2.45, 2.75) is 84.8 Å². The smallest absolute Gasteiger partial charge is 0.329 e. The Bertz CT molecular complexity index is 2090. The van der Waals surface area contributed by atoms with Crippen LogP contribution in [0.4, 0.5) is 5.69 Å². The van der Waals surface area contributed by atoms with E-state index in [-0.39, 0.29) is 47.6 Å². The molecule has 0 spiro atoms. The largest absolute Gasteiger partial charge is 0.381 e. The van der Waals surface area contributed by atoms with E-state index in [2.05, 4.69) is 34.3 Å². The van der Waals surface area contributed by atoms with Crippen LogP contribution in [0.1, 0.15) is 84.2 Å². The van der Waals surface area contributed by atoms with Crippen molar-refractivity contribution in [3.63, 3.8) is 0 Å². The summed E-state index contributed by atoms with van der Waals surface area (Å²) in [6.07, 6.45) is 5.32. The summed E-state index contributed by atoms with van der Waals surface area (Å²) in [6.45, 7) is 11.5. The molecular formula is C40H50N6O5. The number of benzene rings is 2. The molecule has 2 saturated heterocycles. The second-order valence-corrected chi connectivity index (χ2v) is 14.7. The average Bonchev–Trinajstić information content (AvgIpc) is 3.95. The number of nitrogens with zero attached hydrogens (tertiary/aromatic N) is 4. The number of amides is 2. The Morgan fingerprint density at radius 3 is 2.31 bits per heavy atom. The number of carbonyl (C=O) groups excluding carboxylic acids is 2. The molecule has 51 heavy (non-hydrogen) atoms. The first-order valence-corrected chi connectivity index (χ1v) is 18.5. The van der Waals surface area contributed by atoms with Crippen LogP contribution in [0.2, 0.25) is 0 Å². The van der Waals surface area contributed by atoms with E-state index in [1.54, 1.807) is 4.57 Å². The van der Waals surface area contributed by atoms with Gasteiger partial charge >= 0.3 is 5.69 Å². The maximum atomic E-state index is 14.0. The first kappa shape index (κ1) is 34.8. The molecule has 270 valence electrons. The molecule has 3 aliphatic rings. The number of piperidine rings is 1. The lowest BCUT2D eigenvalue weighted by Gasteiger charge is -2.37. The molecule has 1 saturated carbocycles. The van der Waals surface area contributed by atoms with E-state index in [1.165, 1.54) is 0 Å². The highest BCUT2D eigenvalue weighted by Crippen LogP contribution is 2.36. The van der Waals surface area contributed by atoms with Gasteiger partial charge in [-0.3, -0.25) is 23.5 Å². The quantitative estimate of drug-likeness (QED) is 0.251. The molecule has 0 bridgehead atoms. The summed E-state index contributed by atoms with van der Waals surface area (Å²) in [5.41, 5.74) is 7.81. The number of H-pyrrole nitrogens is 1. The third-order valence-corrected chi connectivity index (χ3v) is 11.3. The Hall–Kier alpha value is -4.64. The van der Waals surface area contributed by atoms with Crippen molar-refractivity contribution in [3.05, 3.63) is 85.2 Å². The summed E-state index contributed by atoms with van der Waals surface area (Å²) < 4.78 is 9.31. The number of hydrogen-bond acceptors (Lipinski definition) is 6. The number of nitrogens with one attached hydrogen (secondary N) is 2. The zero-order chi connectivity index (χ0) is 36.0. The lowest BCUT2D eigenvalue weighted by Crippen LogP contribution is -2.41. The third-order valence-electron chi connectivity index (χ3n) is 11.3. The van der Waals surface area contributed by atoms with E-state index in [0.29, 0.717) is 37.4 Å². The summed E-state index contributed by atoms with van der Waals surface area (Å²) in [6, 6.07) is 12.4. The van der Waals surface area contributed by atoms with Crippen molar-refractivity contribution in [3.8, 4) is 11.1 Å². The van der Waals surface area contributed by atoms with E-state index < -0.39 is 0 Å². The zero-order valence-electron chi connectivity index (χ0n) is 30.5. The van der Waals surface area contributed by atoms with Gasteiger partial charge < -0.3 is 24.8 Å². The Kier molecular flexibility index (Phi) is 9.67. The highest BCUT2D eigenvalue weighted by Gasteiger charge is 2.36. The van der Waals surface area contributed by atoms with Gasteiger partial charge in [0.15, 0.2) is 0 Å². The number of pyridine rings is 1. The number of carbonyl (C=O) groups is 2. The van der Waals surface area contributed by atoms with Crippen LogP contribution in [0.3, 0.4) is 0 Å². The Morgan fingerprint density at radius 2 is 1.65 bits per heavy atom. The maximum Gasteiger partial charge on any atom is 0.329 e. The molecule has 0 atom stereocenters. The van der Waals surface area contributed by atoms with Gasteiger partial charge in [-0.25, -0.2) is 4.79 Å². The lowest BCUT2D eigenvalue weighted by molar-refractivity contribution is -0.133. The average molecular weight is 695 g/mol. The zero-order valence-corrected chi connectivity index (χ0v) is 30.5. The van der Waals surface area contributed by atoms with Crippen molar-refractivity contribution in [1.29, 1.82) is 0 Å². The third kappa shape index (κ3) is 6.76. The highest BCUT2D eigenvalue weighted by atomic mass is 16.5. The first-order chi connectivity index (χ1) is 24.5. The Morgan fingerprint density at radius 1 is 0.922 bits per heavy atom. The van der Waals surface area contributed by atoms with Gasteiger partial charge in [-0.15, -0.1) is 0 Å². The van der Waals surface area contributed by atoms with Gasteiger partial charge in [0.05, 0.1) is 11.0 Å². The topological polar surface area (TPSA) is 122 Å². The van der Waals surface area contributed by atoms with Gasteiger partial charge in [-0.2, -0.15) is 0 Å². The normalized spacial score (nSPS) is 17.2. The number of ether oxygens (including phenoxy) is 1. The molecule has 0 radical (unpaired) electrons. The van der Waals surface area contributed by atoms with Crippen LogP contribution < -0.4 is 21.5 Å². The number of likely N-dealkylation sites (tertiary alicyclic amines) is 1. The Labute approximate surface area is 298 Å². The van der Waals surface area contributed by atoms with Crippen LogP contribution in [0.15, 0.2) is 46.0 Å². The van der Waals surface area contributed by atoms with Gasteiger partial charge in [0.1, 0.15) is 0 Å². The van der Waals surface area contributed by atoms with Gasteiger partial charge in [0.2, 0.25) is 5.91 Å². The fraction of sp³-hybridized carbons (Fsp3) is 0.500. The molecule has 7 rings (SSSR count). The standard InChI is InChI=1S/C40H50N6O5/c1-6-45(30-13-17-51-18-14-30)35-22-29(20-32(26(35)4)37(47)41-23-33-24(2)19-25(3)42-38(33)48)28-9-10-34-36(21-28)43(5)40(50)46(34)31-11-15-44(16-12-31)39(49)27-7-8-27/h9-10,19-22,27,30-31H,6-8,11-18,23H2,1-5H3,(H,41,47)(H,42,48). The number of anilines is 1.